The first-order valence-corrected chi connectivity index (χ1v) is 6.84. The van der Waals surface area contributed by atoms with Crippen molar-refractivity contribution in [2.75, 3.05) is 6.54 Å². The lowest BCUT2D eigenvalue weighted by Gasteiger charge is -2.27. The highest BCUT2D eigenvalue weighted by Crippen LogP contribution is 2.25. The first-order valence-electron chi connectivity index (χ1n) is 6.84. The van der Waals surface area contributed by atoms with E-state index in [-0.39, 0.29) is 23.3 Å². The van der Waals surface area contributed by atoms with Crippen molar-refractivity contribution in [3.05, 3.63) is 18.0 Å². The highest BCUT2D eigenvalue weighted by atomic mass is 16.2. The SMILES string of the molecule is CC(C)C1NC(=O)N(CC(C)(C)c2ccn(C)n2)C1=O. The molecule has 0 spiro atoms. The lowest BCUT2D eigenvalue weighted by Crippen LogP contribution is -2.42. The largest absolute Gasteiger partial charge is 0.326 e. The molecule has 20 heavy (non-hydrogen) atoms. The zero-order valence-corrected chi connectivity index (χ0v) is 12.7. The van der Waals surface area contributed by atoms with Crippen LogP contribution in [0.4, 0.5) is 4.79 Å². The fraction of sp³-hybridized carbons (Fsp3) is 0.643. The molecular weight excluding hydrogens is 256 g/mol. The van der Waals surface area contributed by atoms with Crippen LogP contribution >= 0.6 is 0 Å². The molecule has 1 atom stereocenters. The molecule has 6 nitrogen and oxygen atoms in total. The Morgan fingerprint density at radius 3 is 2.50 bits per heavy atom. The third kappa shape index (κ3) is 2.55. The number of aryl methyl sites for hydroxylation is 1. The van der Waals surface area contributed by atoms with Crippen LogP contribution < -0.4 is 5.32 Å². The second-order valence-electron chi connectivity index (χ2n) is 6.35. The van der Waals surface area contributed by atoms with E-state index in [2.05, 4.69) is 10.4 Å². The summed E-state index contributed by atoms with van der Waals surface area (Å²) in [6.07, 6.45) is 1.86. The Bertz CT molecular complexity index is 533. The number of rotatable bonds is 4. The zero-order chi connectivity index (χ0) is 15.1. The third-order valence-corrected chi connectivity index (χ3v) is 3.68. The molecule has 1 fully saturated rings. The van der Waals surface area contributed by atoms with Crippen molar-refractivity contribution in [2.45, 2.75) is 39.2 Å². The van der Waals surface area contributed by atoms with Gasteiger partial charge in [-0.3, -0.25) is 14.4 Å². The summed E-state index contributed by atoms with van der Waals surface area (Å²) >= 11 is 0. The van der Waals surface area contributed by atoms with Gasteiger partial charge in [-0.15, -0.1) is 0 Å². The van der Waals surface area contributed by atoms with E-state index < -0.39 is 6.04 Å². The van der Waals surface area contributed by atoms with Crippen molar-refractivity contribution < 1.29 is 9.59 Å². The Morgan fingerprint density at radius 1 is 1.40 bits per heavy atom. The molecule has 0 radical (unpaired) electrons. The zero-order valence-electron chi connectivity index (χ0n) is 12.7. The topological polar surface area (TPSA) is 67.2 Å². The lowest BCUT2D eigenvalue weighted by molar-refractivity contribution is -0.128. The van der Waals surface area contributed by atoms with E-state index in [4.69, 9.17) is 0 Å². The quantitative estimate of drug-likeness (QED) is 0.843. The fourth-order valence-corrected chi connectivity index (χ4v) is 2.39. The fourth-order valence-electron chi connectivity index (χ4n) is 2.39. The van der Waals surface area contributed by atoms with Crippen LogP contribution in [-0.2, 0) is 17.3 Å². The Labute approximate surface area is 119 Å². The highest BCUT2D eigenvalue weighted by molar-refractivity contribution is 6.04. The number of nitrogens with one attached hydrogen (secondary N) is 1. The normalized spacial score (nSPS) is 19.9. The van der Waals surface area contributed by atoms with Gasteiger partial charge < -0.3 is 5.32 Å². The van der Waals surface area contributed by atoms with Crippen molar-refractivity contribution in [3.8, 4) is 0 Å². The molecule has 2 rings (SSSR count). The average molecular weight is 278 g/mol. The smallest absolute Gasteiger partial charge is 0.324 e. The number of hydrogen-bond acceptors (Lipinski definition) is 3. The summed E-state index contributed by atoms with van der Waals surface area (Å²) in [5.41, 5.74) is 0.494. The standard InChI is InChI=1S/C14H22N4O2/c1-9(2)11-12(19)18(13(20)15-11)8-14(3,4)10-6-7-17(5)16-10/h6-7,9,11H,8H2,1-5H3,(H,15,20). The molecule has 110 valence electrons. The van der Waals surface area contributed by atoms with Crippen molar-refractivity contribution in [1.29, 1.82) is 0 Å². The van der Waals surface area contributed by atoms with Crippen LogP contribution in [0, 0.1) is 5.92 Å². The minimum absolute atomic E-state index is 0.0920. The molecule has 1 N–H and O–H groups in total. The number of imide groups is 1. The summed E-state index contributed by atoms with van der Waals surface area (Å²) < 4.78 is 1.72. The van der Waals surface area contributed by atoms with Gasteiger partial charge in [0.05, 0.1) is 5.69 Å². The van der Waals surface area contributed by atoms with Gasteiger partial charge >= 0.3 is 6.03 Å². The van der Waals surface area contributed by atoms with Crippen molar-refractivity contribution in [1.82, 2.24) is 20.0 Å². The van der Waals surface area contributed by atoms with E-state index in [0.29, 0.717) is 6.54 Å². The molecule has 3 amide bonds. The maximum Gasteiger partial charge on any atom is 0.324 e. The van der Waals surface area contributed by atoms with E-state index in [0.717, 1.165) is 5.69 Å². The number of carbonyl (C=O) groups is 2. The van der Waals surface area contributed by atoms with Gasteiger partial charge in [0.15, 0.2) is 0 Å². The second-order valence-corrected chi connectivity index (χ2v) is 6.35. The minimum Gasteiger partial charge on any atom is -0.326 e. The molecule has 6 heteroatoms. The van der Waals surface area contributed by atoms with Crippen LogP contribution in [-0.4, -0.2) is 39.2 Å². The molecule has 1 aromatic heterocycles. The Hall–Kier alpha value is -1.85. The predicted molar refractivity (Wildman–Crippen MR) is 75.1 cm³/mol. The van der Waals surface area contributed by atoms with Crippen LogP contribution in [0.2, 0.25) is 0 Å². The van der Waals surface area contributed by atoms with E-state index in [1.165, 1.54) is 4.90 Å². The van der Waals surface area contributed by atoms with Gasteiger partial charge in [0.25, 0.3) is 5.91 Å². The number of amides is 3. The summed E-state index contributed by atoms with van der Waals surface area (Å²) in [5, 5.41) is 7.12. The molecule has 1 saturated heterocycles. The number of hydrogen-bond donors (Lipinski definition) is 1. The van der Waals surface area contributed by atoms with E-state index in [9.17, 15) is 9.59 Å². The van der Waals surface area contributed by atoms with Crippen LogP contribution in [0.25, 0.3) is 0 Å². The van der Waals surface area contributed by atoms with Crippen LogP contribution in [0.1, 0.15) is 33.4 Å². The van der Waals surface area contributed by atoms with Gasteiger partial charge in [-0.05, 0) is 12.0 Å². The summed E-state index contributed by atoms with van der Waals surface area (Å²) in [7, 11) is 1.85. The maximum atomic E-state index is 12.3. The van der Waals surface area contributed by atoms with Crippen molar-refractivity contribution in [2.24, 2.45) is 13.0 Å². The Kier molecular flexibility index (Phi) is 3.58. The third-order valence-electron chi connectivity index (χ3n) is 3.68. The number of urea groups is 1. The van der Waals surface area contributed by atoms with Crippen LogP contribution in [0.15, 0.2) is 12.3 Å². The van der Waals surface area contributed by atoms with E-state index in [1.807, 2.05) is 47.0 Å². The lowest BCUT2D eigenvalue weighted by atomic mass is 9.88. The van der Waals surface area contributed by atoms with Crippen LogP contribution in [0.3, 0.4) is 0 Å². The molecule has 0 bridgehead atoms. The first kappa shape index (κ1) is 14.6. The molecule has 1 aromatic rings. The Balaban J connectivity index is 2.17. The van der Waals surface area contributed by atoms with Gasteiger partial charge in [-0.1, -0.05) is 27.7 Å². The van der Waals surface area contributed by atoms with Crippen molar-refractivity contribution in [3.63, 3.8) is 0 Å². The average Bonchev–Trinajstić information content (AvgIpc) is 2.88. The van der Waals surface area contributed by atoms with Crippen LogP contribution in [0.5, 0.6) is 0 Å². The summed E-state index contributed by atoms with van der Waals surface area (Å²) in [4.78, 5) is 25.6. The minimum atomic E-state index is -0.415. The molecule has 0 aliphatic carbocycles. The Morgan fingerprint density at radius 2 is 2.05 bits per heavy atom. The first-order chi connectivity index (χ1) is 9.22. The highest BCUT2D eigenvalue weighted by Gasteiger charge is 2.42. The van der Waals surface area contributed by atoms with Crippen molar-refractivity contribution >= 4 is 11.9 Å². The number of nitrogens with zero attached hydrogens (tertiary/aromatic N) is 3. The second kappa shape index (κ2) is 4.92. The van der Waals surface area contributed by atoms with Gasteiger partial charge in [-0.2, -0.15) is 5.10 Å². The van der Waals surface area contributed by atoms with Gasteiger partial charge in [0, 0.05) is 25.2 Å². The van der Waals surface area contributed by atoms with Gasteiger partial charge in [0.2, 0.25) is 0 Å². The molecular formula is C14H22N4O2. The summed E-state index contributed by atoms with van der Waals surface area (Å²) in [5.74, 6) is -0.0524. The summed E-state index contributed by atoms with van der Waals surface area (Å²) in [6.45, 7) is 8.15. The maximum absolute atomic E-state index is 12.3. The van der Waals surface area contributed by atoms with E-state index >= 15 is 0 Å². The molecule has 0 aromatic carbocycles. The predicted octanol–water partition coefficient (Wildman–Crippen LogP) is 1.27. The monoisotopic (exact) mass is 278 g/mol. The molecule has 0 saturated carbocycles. The molecule has 1 unspecified atom stereocenters. The molecule has 2 heterocycles. The number of carbonyl (C=O) groups excluding carboxylic acids is 2. The van der Waals surface area contributed by atoms with Gasteiger partial charge in [0.1, 0.15) is 6.04 Å². The van der Waals surface area contributed by atoms with Gasteiger partial charge in [-0.25, -0.2) is 4.79 Å². The molecule has 1 aliphatic rings. The van der Waals surface area contributed by atoms with E-state index in [1.54, 1.807) is 4.68 Å². The number of aromatic nitrogens is 2. The molecule has 1 aliphatic heterocycles. The summed E-state index contributed by atoms with van der Waals surface area (Å²) in [6, 6.07) is 1.19.